The van der Waals surface area contributed by atoms with Crippen molar-refractivity contribution in [2.75, 3.05) is 20.3 Å². The van der Waals surface area contributed by atoms with Gasteiger partial charge in [0.05, 0.1) is 24.8 Å². The van der Waals surface area contributed by atoms with Crippen molar-refractivity contribution in [1.82, 2.24) is 9.47 Å². The molecule has 2 aromatic rings. The van der Waals surface area contributed by atoms with Crippen LogP contribution in [0.4, 0.5) is 0 Å². The summed E-state index contributed by atoms with van der Waals surface area (Å²) < 4.78 is 13.1. The number of methoxy groups -OCH3 is 1. The quantitative estimate of drug-likeness (QED) is 0.733. The Kier molecular flexibility index (Phi) is 6.32. The molecule has 0 spiro atoms. The second-order valence-corrected chi connectivity index (χ2v) is 7.24. The molecule has 146 valence electrons. The van der Waals surface area contributed by atoms with Crippen LogP contribution in [0.2, 0.25) is 5.02 Å². The number of aromatic nitrogens is 1. The van der Waals surface area contributed by atoms with E-state index in [1.165, 1.54) is 0 Å². The van der Waals surface area contributed by atoms with E-state index in [9.17, 15) is 4.79 Å². The minimum Gasteiger partial charge on any atom is -0.493 e. The summed E-state index contributed by atoms with van der Waals surface area (Å²) in [4.78, 5) is 15.4. The first-order valence-electron chi connectivity index (χ1n) is 9.49. The predicted molar refractivity (Wildman–Crippen MR) is 107 cm³/mol. The molecule has 6 heteroatoms. The van der Waals surface area contributed by atoms with E-state index in [0.29, 0.717) is 28.7 Å². The van der Waals surface area contributed by atoms with Crippen molar-refractivity contribution in [3.63, 3.8) is 0 Å². The average Bonchev–Trinajstić information content (AvgIpc) is 2.94. The fourth-order valence-corrected chi connectivity index (χ4v) is 4.04. The number of hydrogen-bond acceptors (Lipinski definition) is 3. The molecule has 0 saturated carbocycles. The Bertz CT molecular complexity index is 803. The lowest BCUT2D eigenvalue weighted by molar-refractivity contribution is 0.0674. The number of rotatable bonds is 5. The third-order valence-corrected chi connectivity index (χ3v) is 5.38. The highest BCUT2D eigenvalue weighted by atomic mass is 35.5. The smallest absolute Gasteiger partial charge is 0.254 e. The molecule has 1 amide bonds. The highest BCUT2D eigenvalue weighted by Crippen LogP contribution is 2.38. The van der Waals surface area contributed by atoms with E-state index >= 15 is 0 Å². The first-order valence-corrected chi connectivity index (χ1v) is 9.87. The zero-order chi connectivity index (χ0) is 19.4. The topological polar surface area (TPSA) is 43.7 Å². The van der Waals surface area contributed by atoms with E-state index < -0.39 is 0 Å². The second-order valence-electron chi connectivity index (χ2n) is 6.83. The molecular weight excluding hydrogens is 364 g/mol. The molecule has 0 bridgehead atoms. The van der Waals surface area contributed by atoms with Crippen molar-refractivity contribution >= 4 is 17.5 Å². The summed E-state index contributed by atoms with van der Waals surface area (Å²) in [5, 5.41) is 0.393. The summed E-state index contributed by atoms with van der Waals surface area (Å²) in [5.74, 6) is 0.942. The minimum absolute atomic E-state index is 0.0219. The van der Waals surface area contributed by atoms with Gasteiger partial charge in [-0.3, -0.25) is 4.79 Å². The van der Waals surface area contributed by atoms with Gasteiger partial charge in [0.25, 0.3) is 5.91 Å². The Morgan fingerprint density at radius 1 is 1.30 bits per heavy atom. The summed E-state index contributed by atoms with van der Waals surface area (Å²) in [6.07, 6.45) is 6.25. The van der Waals surface area contributed by atoms with Crippen LogP contribution < -0.4 is 9.47 Å². The van der Waals surface area contributed by atoms with Crippen LogP contribution in [0.5, 0.6) is 11.5 Å². The van der Waals surface area contributed by atoms with Crippen molar-refractivity contribution in [2.24, 2.45) is 7.05 Å². The number of carbonyl (C=O) groups is 1. The third kappa shape index (κ3) is 4.08. The van der Waals surface area contributed by atoms with Crippen LogP contribution in [0.1, 0.15) is 54.7 Å². The highest BCUT2D eigenvalue weighted by Gasteiger charge is 2.30. The van der Waals surface area contributed by atoms with Crippen LogP contribution in [0.3, 0.4) is 0 Å². The van der Waals surface area contributed by atoms with Crippen molar-refractivity contribution in [3.05, 3.63) is 46.7 Å². The Hall–Kier alpha value is -2.14. The summed E-state index contributed by atoms with van der Waals surface area (Å²) in [7, 11) is 3.58. The highest BCUT2D eigenvalue weighted by molar-refractivity contribution is 6.32. The Morgan fingerprint density at radius 3 is 2.78 bits per heavy atom. The van der Waals surface area contributed by atoms with E-state index in [-0.39, 0.29) is 11.9 Å². The number of halogens is 1. The molecule has 1 atom stereocenters. The van der Waals surface area contributed by atoms with Crippen LogP contribution in [0.15, 0.2) is 30.5 Å². The van der Waals surface area contributed by atoms with Crippen molar-refractivity contribution in [1.29, 1.82) is 0 Å². The van der Waals surface area contributed by atoms with Gasteiger partial charge in [-0.2, -0.15) is 0 Å². The van der Waals surface area contributed by atoms with Crippen LogP contribution in [-0.4, -0.2) is 35.6 Å². The monoisotopic (exact) mass is 390 g/mol. The van der Waals surface area contributed by atoms with E-state index in [2.05, 4.69) is 10.6 Å². The number of hydrogen-bond donors (Lipinski definition) is 0. The van der Waals surface area contributed by atoms with Gasteiger partial charge in [0.2, 0.25) is 0 Å². The standard InChI is InChI=1S/C21H27ClN2O3/c1-4-27-20-16(22)13-15(14-19(20)26-3)21(25)24-12-7-5-6-9-18(24)17-10-8-11-23(17)2/h8,10-11,13-14,18H,4-7,9,12H2,1-3H3/t18-/m0/s1. The number of nitrogens with zero attached hydrogens (tertiary/aromatic N) is 2. The Balaban J connectivity index is 1.97. The number of carbonyl (C=O) groups excluding carboxylic acids is 1. The van der Waals surface area contributed by atoms with Crippen LogP contribution in [0, 0.1) is 0 Å². The van der Waals surface area contributed by atoms with Crippen molar-refractivity contribution in [2.45, 2.75) is 38.6 Å². The van der Waals surface area contributed by atoms with Gasteiger partial charge in [-0.1, -0.05) is 24.4 Å². The first-order chi connectivity index (χ1) is 13.1. The van der Waals surface area contributed by atoms with Gasteiger partial charge in [0.15, 0.2) is 11.5 Å². The Morgan fingerprint density at radius 2 is 2.11 bits per heavy atom. The van der Waals surface area contributed by atoms with Crippen LogP contribution in [-0.2, 0) is 7.05 Å². The maximum atomic E-state index is 13.4. The summed E-state index contributed by atoms with van der Waals surface area (Å²) in [6, 6.07) is 7.61. The first kappa shape index (κ1) is 19.6. The van der Waals surface area contributed by atoms with Crippen molar-refractivity contribution < 1.29 is 14.3 Å². The SMILES string of the molecule is CCOc1c(Cl)cc(C(=O)N2CCCCC[C@H]2c2cccn2C)cc1OC. The van der Waals surface area contributed by atoms with Crippen LogP contribution in [0.25, 0.3) is 0 Å². The molecule has 1 aliphatic rings. The fraction of sp³-hybridized carbons (Fsp3) is 0.476. The number of benzene rings is 1. The molecule has 27 heavy (non-hydrogen) atoms. The van der Waals surface area contributed by atoms with Crippen LogP contribution >= 0.6 is 11.6 Å². The zero-order valence-electron chi connectivity index (χ0n) is 16.2. The largest absolute Gasteiger partial charge is 0.493 e. The van der Waals surface area contributed by atoms with Gasteiger partial charge < -0.3 is 18.9 Å². The molecule has 0 N–H and O–H groups in total. The fourth-order valence-electron chi connectivity index (χ4n) is 3.77. The molecule has 3 rings (SSSR count). The van der Waals surface area contributed by atoms with Gasteiger partial charge in [-0.05, 0) is 44.0 Å². The average molecular weight is 391 g/mol. The van der Waals surface area contributed by atoms with E-state index in [4.69, 9.17) is 21.1 Å². The third-order valence-electron chi connectivity index (χ3n) is 5.10. The zero-order valence-corrected chi connectivity index (χ0v) is 17.0. The number of amides is 1. The molecule has 0 unspecified atom stereocenters. The molecule has 1 saturated heterocycles. The molecule has 1 aliphatic heterocycles. The van der Waals surface area contributed by atoms with Gasteiger partial charge in [-0.25, -0.2) is 0 Å². The number of ether oxygens (including phenoxy) is 2. The lowest BCUT2D eigenvalue weighted by Crippen LogP contribution is -2.35. The van der Waals surface area contributed by atoms with E-state index in [1.807, 2.05) is 31.1 Å². The van der Waals surface area contributed by atoms with E-state index in [1.54, 1.807) is 19.2 Å². The van der Waals surface area contributed by atoms with Gasteiger partial charge in [0, 0.05) is 31.0 Å². The predicted octanol–water partition coefficient (Wildman–Crippen LogP) is 4.84. The minimum atomic E-state index is -0.0219. The molecule has 2 heterocycles. The summed E-state index contributed by atoms with van der Waals surface area (Å²) >= 11 is 6.39. The maximum Gasteiger partial charge on any atom is 0.254 e. The number of likely N-dealkylation sites (tertiary alicyclic amines) is 1. The lowest BCUT2D eigenvalue weighted by atomic mass is 10.0. The van der Waals surface area contributed by atoms with Gasteiger partial charge in [-0.15, -0.1) is 0 Å². The van der Waals surface area contributed by atoms with Gasteiger partial charge >= 0.3 is 0 Å². The summed E-state index contributed by atoms with van der Waals surface area (Å²) in [6.45, 7) is 3.10. The number of aryl methyl sites for hydroxylation is 1. The second kappa shape index (κ2) is 8.70. The Labute approximate surface area is 165 Å². The molecule has 0 aliphatic carbocycles. The molecule has 5 nitrogen and oxygen atoms in total. The molecule has 1 aromatic carbocycles. The molecular formula is C21H27ClN2O3. The normalized spacial score (nSPS) is 17.5. The molecule has 1 aromatic heterocycles. The van der Waals surface area contributed by atoms with E-state index in [0.717, 1.165) is 37.9 Å². The lowest BCUT2D eigenvalue weighted by Gasteiger charge is -2.31. The summed E-state index contributed by atoms with van der Waals surface area (Å²) in [5.41, 5.74) is 1.69. The van der Waals surface area contributed by atoms with Crippen molar-refractivity contribution in [3.8, 4) is 11.5 Å². The maximum absolute atomic E-state index is 13.4. The molecule has 0 radical (unpaired) electrons. The van der Waals surface area contributed by atoms with Gasteiger partial charge in [0.1, 0.15) is 0 Å². The molecule has 1 fully saturated rings.